The zero-order valence-corrected chi connectivity index (χ0v) is 24.5. The SMILES string of the molecule is O=C(O)CN(CCNC(=O)CSC(c1ccccc1)(c1ccccc1)c1ccccc1)S(=O)(=O)c1ccccc1[N+](=O)[O-]. The van der Waals surface area contributed by atoms with Gasteiger partial charge >= 0.3 is 5.97 Å². The lowest BCUT2D eigenvalue weighted by Crippen LogP contribution is -2.42. The molecule has 0 atom stereocenters. The number of benzene rings is 4. The molecule has 0 radical (unpaired) electrons. The number of nitro benzene ring substituents is 1. The van der Waals surface area contributed by atoms with E-state index >= 15 is 0 Å². The number of nitrogens with one attached hydrogen (secondary N) is 1. The molecule has 0 spiro atoms. The molecule has 0 saturated heterocycles. The van der Waals surface area contributed by atoms with Crippen molar-refractivity contribution < 1.29 is 28.0 Å². The van der Waals surface area contributed by atoms with Gasteiger partial charge in [-0.05, 0) is 22.8 Å². The zero-order chi connectivity index (χ0) is 30.9. The number of hydrogen-bond acceptors (Lipinski definition) is 7. The van der Waals surface area contributed by atoms with Gasteiger partial charge in [0.1, 0.15) is 6.54 Å². The molecule has 0 saturated carbocycles. The fraction of sp³-hybridized carbons (Fsp3) is 0.161. The Morgan fingerprint density at radius 1 is 0.814 bits per heavy atom. The number of rotatable bonds is 14. The van der Waals surface area contributed by atoms with E-state index in [1.807, 2.05) is 91.0 Å². The molecule has 4 rings (SSSR count). The van der Waals surface area contributed by atoms with Gasteiger partial charge in [-0.1, -0.05) is 103 Å². The molecule has 0 aliphatic rings. The second-order valence-corrected chi connectivity index (χ2v) is 12.5. The number of carboxylic acid groups (broad SMARTS) is 1. The van der Waals surface area contributed by atoms with E-state index in [4.69, 9.17) is 0 Å². The Kier molecular flexibility index (Phi) is 10.3. The molecule has 43 heavy (non-hydrogen) atoms. The van der Waals surface area contributed by atoms with Crippen molar-refractivity contribution in [2.45, 2.75) is 9.64 Å². The van der Waals surface area contributed by atoms with Gasteiger partial charge in [0, 0.05) is 19.2 Å². The second kappa shape index (κ2) is 14.1. The van der Waals surface area contributed by atoms with Crippen LogP contribution in [0.4, 0.5) is 5.69 Å². The molecule has 0 bridgehead atoms. The van der Waals surface area contributed by atoms with E-state index in [0.717, 1.165) is 28.8 Å². The highest BCUT2D eigenvalue weighted by molar-refractivity contribution is 8.01. The van der Waals surface area contributed by atoms with Crippen molar-refractivity contribution in [3.8, 4) is 0 Å². The Morgan fingerprint density at radius 3 is 1.74 bits per heavy atom. The van der Waals surface area contributed by atoms with Crippen molar-refractivity contribution in [2.24, 2.45) is 0 Å². The largest absolute Gasteiger partial charge is 0.480 e. The minimum absolute atomic E-state index is 0.00544. The van der Waals surface area contributed by atoms with Crippen molar-refractivity contribution in [1.29, 1.82) is 0 Å². The molecular formula is C31H29N3O7S2. The highest BCUT2D eigenvalue weighted by Gasteiger charge is 2.37. The number of thioether (sulfide) groups is 1. The molecule has 222 valence electrons. The standard InChI is InChI=1S/C31H29N3O7S2/c35-29(32-20-21-33(22-30(36)37)43(40,41)28-19-11-10-18-27(28)34(38)39)23-42-31(24-12-4-1-5-13-24,25-14-6-2-7-15-25)26-16-8-3-9-17-26/h1-19H,20-23H2,(H,32,35)(H,36,37). The van der Waals surface area contributed by atoms with Crippen LogP contribution >= 0.6 is 11.8 Å². The van der Waals surface area contributed by atoms with Crippen molar-refractivity contribution in [3.63, 3.8) is 0 Å². The first-order valence-electron chi connectivity index (χ1n) is 13.2. The van der Waals surface area contributed by atoms with E-state index < -0.39 is 55.2 Å². The van der Waals surface area contributed by atoms with E-state index in [1.165, 1.54) is 23.9 Å². The van der Waals surface area contributed by atoms with Gasteiger partial charge in [-0.3, -0.25) is 19.7 Å². The number of para-hydroxylation sites is 1. The summed E-state index contributed by atoms with van der Waals surface area (Å²) in [5.74, 6) is -1.84. The van der Waals surface area contributed by atoms with Crippen molar-refractivity contribution >= 4 is 39.3 Å². The third kappa shape index (κ3) is 7.28. The molecule has 0 aliphatic heterocycles. The monoisotopic (exact) mass is 619 g/mol. The predicted molar refractivity (Wildman–Crippen MR) is 164 cm³/mol. The van der Waals surface area contributed by atoms with Crippen LogP contribution in [0.25, 0.3) is 0 Å². The van der Waals surface area contributed by atoms with Gasteiger partial charge < -0.3 is 10.4 Å². The Balaban J connectivity index is 1.54. The van der Waals surface area contributed by atoms with Crippen LogP contribution in [-0.2, 0) is 24.4 Å². The first kappa shape index (κ1) is 31.4. The van der Waals surface area contributed by atoms with Crippen LogP contribution < -0.4 is 5.32 Å². The topological polar surface area (TPSA) is 147 Å². The third-order valence-corrected chi connectivity index (χ3v) is 10.1. The minimum atomic E-state index is -4.56. The summed E-state index contributed by atoms with van der Waals surface area (Å²) < 4.78 is 26.3. The molecule has 10 nitrogen and oxygen atoms in total. The summed E-state index contributed by atoms with van der Waals surface area (Å²) in [6.45, 7) is -1.54. The summed E-state index contributed by atoms with van der Waals surface area (Å²) in [6.07, 6.45) is 0. The third-order valence-electron chi connectivity index (χ3n) is 6.64. The van der Waals surface area contributed by atoms with Crippen LogP contribution in [0.15, 0.2) is 120 Å². The molecule has 2 N–H and O–H groups in total. The van der Waals surface area contributed by atoms with Gasteiger partial charge in [0.2, 0.25) is 5.91 Å². The van der Waals surface area contributed by atoms with E-state index in [-0.39, 0.29) is 12.3 Å². The lowest BCUT2D eigenvalue weighted by Gasteiger charge is -2.35. The van der Waals surface area contributed by atoms with Crippen LogP contribution in [0.2, 0.25) is 0 Å². The van der Waals surface area contributed by atoms with E-state index in [0.29, 0.717) is 4.31 Å². The summed E-state index contributed by atoms with van der Waals surface area (Å²) in [7, 11) is -4.56. The van der Waals surface area contributed by atoms with Crippen molar-refractivity contribution in [1.82, 2.24) is 9.62 Å². The van der Waals surface area contributed by atoms with Gasteiger partial charge in [-0.15, -0.1) is 11.8 Å². The van der Waals surface area contributed by atoms with Gasteiger partial charge in [0.25, 0.3) is 15.7 Å². The maximum Gasteiger partial charge on any atom is 0.318 e. The fourth-order valence-corrected chi connectivity index (χ4v) is 7.62. The van der Waals surface area contributed by atoms with Gasteiger partial charge in [0.05, 0.1) is 15.4 Å². The van der Waals surface area contributed by atoms with Crippen LogP contribution in [-0.4, -0.2) is 60.0 Å². The van der Waals surface area contributed by atoms with Crippen LogP contribution in [0.5, 0.6) is 0 Å². The van der Waals surface area contributed by atoms with Gasteiger partial charge in [-0.2, -0.15) is 4.31 Å². The number of nitrogens with zero attached hydrogens (tertiary/aromatic N) is 2. The first-order chi connectivity index (χ1) is 20.7. The molecule has 0 aliphatic carbocycles. The lowest BCUT2D eigenvalue weighted by atomic mass is 9.84. The molecule has 1 amide bonds. The molecular weight excluding hydrogens is 590 g/mol. The smallest absolute Gasteiger partial charge is 0.318 e. The normalized spacial score (nSPS) is 11.7. The highest BCUT2D eigenvalue weighted by Crippen LogP contribution is 2.48. The van der Waals surface area contributed by atoms with Crippen LogP contribution in [0, 0.1) is 10.1 Å². The molecule has 0 aromatic heterocycles. The summed E-state index contributed by atoms with van der Waals surface area (Å²) in [4.78, 5) is 34.6. The minimum Gasteiger partial charge on any atom is -0.480 e. The number of nitro groups is 1. The summed E-state index contributed by atoms with van der Waals surface area (Å²) >= 11 is 1.40. The summed E-state index contributed by atoms with van der Waals surface area (Å²) in [5, 5.41) is 23.5. The number of hydrogen-bond donors (Lipinski definition) is 2. The van der Waals surface area contributed by atoms with Crippen LogP contribution in [0.1, 0.15) is 16.7 Å². The van der Waals surface area contributed by atoms with E-state index in [9.17, 15) is 33.2 Å². The number of sulfonamides is 1. The zero-order valence-electron chi connectivity index (χ0n) is 22.9. The average Bonchev–Trinajstić information content (AvgIpc) is 3.02. The maximum absolute atomic E-state index is 13.2. The highest BCUT2D eigenvalue weighted by atomic mass is 32.2. The quantitative estimate of drug-likeness (QED) is 0.119. The molecule has 4 aromatic rings. The summed E-state index contributed by atoms with van der Waals surface area (Å²) in [6, 6.07) is 34.1. The maximum atomic E-state index is 13.2. The Hall–Kier alpha value is -4.52. The summed E-state index contributed by atoms with van der Waals surface area (Å²) in [5.41, 5.74) is 2.23. The molecule has 4 aromatic carbocycles. The molecule has 0 fully saturated rings. The van der Waals surface area contributed by atoms with Crippen molar-refractivity contribution in [2.75, 3.05) is 25.4 Å². The van der Waals surface area contributed by atoms with Gasteiger partial charge in [0.15, 0.2) is 4.90 Å². The Morgan fingerprint density at radius 2 is 1.28 bits per heavy atom. The molecule has 12 heteroatoms. The lowest BCUT2D eigenvalue weighted by molar-refractivity contribution is -0.387. The fourth-order valence-electron chi connectivity index (χ4n) is 4.71. The number of carboxylic acids is 1. The Labute approximate surface area is 253 Å². The first-order valence-corrected chi connectivity index (χ1v) is 15.6. The number of carbonyl (C=O) groups is 2. The van der Waals surface area contributed by atoms with Gasteiger partial charge in [-0.25, -0.2) is 8.42 Å². The molecule has 0 heterocycles. The molecule has 0 unspecified atom stereocenters. The van der Waals surface area contributed by atoms with Crippen LogP contribution in [0.3, 0.4) is 0 Å². The van der Waals surface area contributed by atoms with Crippen molar-refractivity contribution in [3.05, 3.63) is 142 Å². The number of aliphatic carboxylic acids is 1. The Bertz CT molecular complexity index is 1570. The average molecular weight is 620 g/mol. The van der Waals surface area contributed by atoms with E-state index in [1.54, 1.807) is 0 Å². The van der Waals surface area contributed by atoms with E-state index in [2.05, 4.69) is 5.32 Å². The number of amides is 1. The number of carbonyl (C=O) groups excluding carboxylic acids is 1. The predicted octanol–water partition coefficient (Wildman–Crippen LogP) is 4.51. The second-order valence-electron chi connectivity index (χ2n) is 9.38.